The van der Waals surface area contributed by atoms with Gasteiger partial charge in [0.2, 0.25) is 4.93 Å². The minimum atomic E-state index is -1.65. The highest BCUT2D eigenvalue weighted by Crippen LogP contribution is 2.31. The monoisotopic (exact) mass is 427 g/mol. The van der Waals surface area contributed by atoms with Gasteiger partial charge in [0.1, 0.15) is 19.0 Å². The van der Waals surface area contributed by atoms with E-state index in [-0.39, 0.29) is 13.2 Å². The second kappa shape index (κ2) is 11.2. The third-order valence-corrected chi connectivity index (χ3v) is 4.74. The lowest BCUT2D eigenvalue weighted by Gasteiger charge is -2.27. The molecule has 5 nitrogen and oxygen atoms in total. The Morgan fingerprint density at radius 2 is 1.83 bits per heavy atom. The Balaban J connectivity index is 2.06. The molecule has 0 heterocycles. The third-order valence-electron chi connectivity index (χ3n) is 4.15. The number of terminal acetylenes is 2. The van der Waals surface area contributed by atoms with Crippen LogP contribution in [-0.4, -0.2) is 32.8 Å². The van der Waals surface area contributed by atoms with Crippen molar-refractivity contribution in [2.24, 2.45) is 0 Å². The molecule has 7 heteroatoms. The highest BCUT2D eigenvalue weighted by Gasteiger charge is 2.37. The molecule has 1 N–H and O–H groups in total. The molecule has 0 aliphatic carbocycles. The summed E-state index contributed by atoms with van der Waals surface area (Å²) < 4.78 is 29.5. The molecule has 0 aromatic heterocycles. The Bertz CT molecular complexity index is 949. The summed E-state index contributed by atoms with van der Waals surface area (Å²) in [7, 11) is 1.53. The van der Waals surface area contributed by atoms with Crippen LogP contribution in [0.4, 0.5) is 4.39 Å². The number of halogens is 1. The summed E-state index contributed by atoms with van der Waals surface area (Å²) in [5, 5.41) is 2.78. The van der Waals surface area contributed by atoms with Crippen molar-refractivity contribution >= 4 is 18.5 Å². The second-order valence-corrected chi connectivity index (χ2v) is 6.76. The van der Waals surface area contributed by atoms with Crippen LogP contribution in [-0.2, 0) is 20.9 Å². The predicted molar refractivity (Wildman–Crippen MR) is 116 cm³/mol. The topological polar surface area (TPSA) is 56.8 Å². The van der Waals surface area contributed by atoms with Gasteiger partial charge in [-0.1, -0.05) is 30.0 Å². The lowest BCUT2D eigenvalue weighted by atomic mass is 10.1. The van der Waals surface area contributed by atoms with Crippen LogP contribution in [0.5, 0.6) is 11.5 Å². The van der Waals surface area contributed by atoms with Gasteiger partial charge in [0.25, 0.3) is 5.91 Å². The molecule has 2 aromatic carbocycles. The highest BCUT2D eigenvalue weighted by atomic mass is 32.1. The van der Waals surface area contributed by atoms with Crippen molar-refractivity contribution in [3.63, 3.8) is 0 Å². The molecule has 2 aromatic rings. The van der Waals surface area contributed by atoms with Crippen LogP contribution in [0.3, 0.4) is 0 Å². The lowest BCUT2D eigenvalue weighted by Crippen LogP contribution is -2.43. The van der Waals surface area contributed by atoms with E-state index >= 15 is 0 Å². The number of thiol groups is 1. The van der Waals surface area contributed by atoms with E-state index in [0.29, 0.717) is 30.0 Å². The molecule has 0 fully saturated rings. The summed E-state index contributed by atoms with van der Waals surface area (Å²) in [5.41, 5.74) is 1.29. The summed E-state index contributed by atoms with van der Waals surface area (Å²) in [5.74, 6) is 4.85. The van der Waals surface area contributed by atoms with Crippen LogP contribution < -0.4 is 14.8 Å². The van der Waals surface area contributed by atoms with Crippen LogP contribution in [0, 0.1) is 30.5 Å². The Labute approximate surface area is 181 Å². The predicted octanol–water partition coefficient (Wildman–Crippen LogP) is 2.94. The molecule has 0 aliphatic rings. The van der Waals surface area contributed by atoms with E-state index in [2.05, 4.69) is 29.8 Å². The molecule has 0 saturated heterocycles. The Morgan fingerprint density at radius 1 is 1.13 bits per heavy atom. The number of methoxy groups -OCH3 is 1. The normalized spacial score (nSPS) is 12.2. The number of hydrogen-bond donors (Lipinski definition) is 2. The molecule has 0 radical (unpaired) electrons. The van der Waals surface area contributed by atoms with Gasteiger partial charge in [-0.3, -0.25) is 4.79 Å². The maximum Gasteiger partial charge on any atom is 0.267 e. The number of amides is 1. The first-order chi connectivity index (χ1) is 14.4. The maximum atomic E-state index is 13.2. The van der Waals surface area contributed by atoms with Crippen LogP contribution >= 0.6 is 12.6 Å². The van der Waals surface area contributed by atoms with Gasteiger partial charge in [-0.15, -0.1) is 25.5 Å². The molecule has 156 valence electrons. The van der Waals surface area contributed by atoms with Crippen LogP contribution in [0.1, 0.15) is 11.1 Å². The van der Waals surface area contributed by atoms with Crippen LogP contribution in [0.25, 0.3) is 0 Å². The largest absolute Gasteiger partial charge is 0.493 e. The molecule has 0 saturated carbocycles. The van der Waals surface area contributed by atoms with Gasteiger partial charge in [-0.25, -0.2) is 4.39 Å². The van der Waals surface area contributed by atoms with E-state index in [1.54, 1.807) is 12.1 Å². The summed E-state index contributed by atoms with van der Waals surface area (Å²) in [6.45, 7) is 0.302. The third kappa shape index (κ3) is 5.93. The molecule has 0 spiro atoms. The maximum absolute atomic E-state index is 13.2. The molecule has 0 bridgehead atoms. The summed E-state index contributed by atoms with van der Waals surface area (Å²) in [6, 6.07) is 10.7. The average molecular weight is 427 g/mol. The van der Waals surface area contributed by atoms with Crippen molar-refractivity contribution in [2.75, 3.05) is 26.9 Å². The summed E-state index contributed by atoms with van der Waals surface area (Å²) in [4.78, 5) is 11.2. The van der Waals surface area contributed by atoms with Gasteiger partial charge in [-0.2, -0.15) is 0 Å². The molecule has 1 atom stereocenters. The first-order valence-corrected chi connectivity index (χ1v) is 9.46. The lowest BCUT2D eigenvalue weighted by molar-refractivity contribution is -0.135. The van der Waals surface area contributed by atoms with E-state index < -0.39 is 16.7 Å². The number of rotatable bonds is 10. The van der Waals surface area contributed by atoms with Crippen molar-refractivity contribution < 1.29 is 23.4 Å². The molecule has 1 unspecified atom stereocenters. The van der Waals surface area contributed by atoms with Gasteiger partial charge >= 0.3 is 0 Å². The molecule has 2 rings (SSSR count). The second-order valence-electron chi connectivity index (χ2n) is 6.13. The van der Waals surface area contributed by atoms with Crippen molar-refractivity contribution in [3.8, 4) is 36.2 Å². The minimum Gasteiger partial charge on any atom is -0.493 e. The highest BCUT2D eigenvalue weighted by molar-refractivity contribution is 7.82. The first-order valence-electron chi connectivity index (χ1n) is 9.02. The van der Waals surface area contributed by atoms with E-state index in [1.165, 1.54) is 31.4 Å². The first kappa shape index (κ1) is 23.2. The van der Waals surface area contributed by atoms with Crippen LogP contribution in [0.15, 0.2) is 42.5 Å². The molecular formula is C23H22FNO4S. The standard InChI is InChI=1S/C23H22FNO4S/c1-4-14-28-20-11-6-17(16-21(20)27-3)12-13-25-22(26)23(30,29-15-5-2)18-7-9-19(24)10-8-18/h1-2,6-11,16,30H,12-15H2,3H3,(H,25,26). The fourth-order valence-corrected chi connectivity index (χ4v) is 2.94. The molecular weight excluding hydrogens is 405 g/mol. The van der Waals surface area contributed by atoms with Gasteiger partial charge in [0.15, 0.2) is 11.5 Å². The van der Waals surface area contributed by atoms with E-state index in [9.17, 15) is 9.18 Å². The van der Waals surface area contributed by atoms with Gasteiger partial charge in [0.05, 0.1) is 7.11 Å². The Morgan fingerprint density at radius 3 is 2.47 bits per heavy atom. The zero-order valence-corrected chi connectivity index (χ0v) is 17.4. The summed E-state index contributed by atoms with van der Waals surface area (Å²) in [6.07, 6.45) is 11.0. The van der Waals surface area contributed by atoms with Gasteiger partial charge in [0, 0.05) is 12.1 Å². The van der Waals surface area contributed by atoms with Crippen molar-refractivity contribution in [1.29, 1.82) is 0 Å². The van der Waals surface area contributed by atoms with Crippen molar-refractivity contribution in [3.05, 3.63) is 59.4 Å². The zero-order chi connectivity index (χ0) is 22.0. The van der Waals surface area contributed by atoms with Crippen molar-refractivity contribution in [1.82, 2.24) is 5.32 Å². The number of benzene rings is 2. The van der Waals surface area contributed by atoms with E-state index in [0.717, 1.165) is 5.56 Å². The number of hydrogen-bond acceptors (Lipinski definition) is 5. The SMILES string of the molecule is C#CCOc1ccc(CCNC(=O)C(S)(OCC#C)c2ccc(F)cc2)cc1OC. The number of carbonyl (C=O) groups is 1. The number of carbonyl (C=O) groups excluding carboxylic acids is 1. The van der Waals surface area contributed by atoms with E-state index in [1.807, 2.05) is 6.07 Å². The Kier molecular flexibility index (Phi) is 8.61. The molecule has 0 aliphatic heterocycles. The van der Waals surface area contributed by atoms with Crippen LogP contribution in [0.2, 0.25) is 0 Å². The van der Waals surface area contributed by atoms with Crippen molar-refractivity contribution in [2.45, 2.75) is 11.4 Å². The van der Waals surface area contributed by atoms with E-state index in [4.69, 9.17) is 27.1 Å². The number of ether oxygens (including phenoxy) is 3. The molecule has 30 heavy (non-hydrogen) atoms. The van der Waals surface area contributed by atoms with Gasteiger partial charge < -0.3 is 19.5 Å². The average Bonchev–Trinajstić information content (AvgIpc) is 2.76. The molecule has 1 amide bonds. The number of nitrogens with one attached hydrogen (secondary N) is 1. The fraction of sp³-hybridized carbons (Fsp3) is 0.261. The smallest absolute Gasteiger partial charge is 0.267 e. The minimum absolute atomic E-state index is 0.134. The Hall–Kier alpha value is -3.13. The van der Waals surface area contributed by atoms with Gasteiger partial charge in [-0.05, 0) is 36.2 Å². The summed E-state index contributed by atoms with van der Waals surface area (Å²) >= 11 is 4.40. The fourth-order valence-electron chi connectivity index (χ4n) is 2.65. The quantitative estimate of drug-likeness (QED) is 0.348. The zero-order valence-electron chi connectivity index (χ0n) is 16.5.